The third kappa shape index (κ3) is 3.70. The van der Waals surface area contributed by atoms with Gasteiger partial charge in [0.2, 0.25) is 0 Å². The van der Waals surface area contributed by atoms with Crippen molar-refractivity contribution in [1.29, 1.82) is 0 Å². The summed E-state index contributed by atoms with van der Waals surface area (Å²) in [5.41, 5.74) is 5.83. The summed E-state index contributed by atoms with van der Waals surface area (Å²) in [7, 11) is 0. The van der Waals surface area contributed by atoms with E-state index in [-0.39, 0.29) is 6.04 Å². The van der Waals surface area contributed by atoms with Crippen LogP contribution in [0.5, 0.6) is 0 Å². The summed E-state index contributed by atoms with van der Waals surface area (Å²) in [6, 6.07) is 6.76. The van der Waals surface area contributed by atoms with Gasteiger partial charge in [-0.05, 0) is 51.9 Å². The average Bonchev–Trinajstić information content (AvgIpc) is 2.78. The Morgan fingerprint density at radius 3 is 2.52 bits per heavy atom. The van der Waals surface area contributed by atoms with Crippen molar-refractivity contribution in [2.75, 3.05) is 6.54 Å². The normalized spacial score (nSPS) is 12.6. The van der Waals surface area contributed by atoms with E-state index in [1.54, 1.807) is 0 Å². The van der Waals surface area contributed by atoms with Gasteiger partial charge in [0.25, 0.3) is 0 Å². The molecule has 0 saturated carbocycles. The number of aryl methyl sites for hydroxylation is 4. The number of nitrogens with one attached hydrogen (secondary N) is 1. The van der Waals surface area contributed by atoms with E-state index in [0.717, 1.165) is 36.6 Å². The Morgan fingerprint density at radius 2 is 1.90 bits per heavy atom. The molecule has 0 amide bonds. The first kappa shape index (κ1) is 15.7. The van der Waals surface area contributed by atoms with Gasteiger partial charge in [0, 0.05) is 36.1 Å². The number of rotatable bonds is 6. The van der Waals surface area contributed by atoms with E-state index < -0.39 is 0 Å². The second-order valence-corrected chi connectivity index (χ2v) is 5.53. The van der Waals surface area contributed by atoms with E-state index >= 15 is 0 Å². The second-order valence-electron chi connectivity index (χ2n) is 5.53. The highest BCUT2D eigenvalue weighted by Crippen LogP contribution is 2.21. The highest BCUT2D eigenvalue weighted by Gasteiger charge is 2.17. The second kappa shape index (κ2) is 6.85. The number of hydrogen-bond acceptors (Lipinski definition) is 3. The summed E-state index contributed by atoms with van der Waals surface area (Å²) in [6.07, 6.45) is 0.939. The minimum absolute atomic E-state index is 0.282. The molecule has 114 valence electrons. The van der Waals surface area contributed by atoms with Crippen LogP contribution in [0.25, 0.3) is 0 Å². The molecule has 0 aromatic carbocycles. The van der Waals surface area contributed by atoms with Crippen LogP contribution < -0.4 is 5.32 Å². The van der Waals surface area contributed by atoms with Crippen LogP contribution in [0.4, 0.5) is 0 Å². The summed E-state index contributed by atoms with van der Waals surface area (Å²) < 4.78 is 2.09. The first-order chi connectivity index (χ1) is 10.0. The Labute approximate surface area is 127 Å². The molecule has 0 spiro atoms. The van der Waals surface area contributed by atoms with Gasteiger partial charge in [0.15, 0.2) is 0 Å². The minimum Gasteiger partial charge on any atom is -0.310 e. The van der Waals surface area contributed by atoms with Crippen molar-refractivity contribution in [3.8, 4) is 0 Å². The summed E-state index contributed by atoms with van der Waals surface area (Å²) in [5, 5.41) is 8.13. The molecule has 4 heteroatoms. The Balaban J connectivity index is 2.30. The Morgan fingerprint density at radius 1 is 1.14 bits per heavy atom. The maximum absolute atomic E-state index is 4.60. The molecule has 1 unspecified atom stereocenters. The predicted octanol–water partition coefficient (Wildman–Crippen LogP) is 3.12. The fourth-order valence-electron chi connectivity index (χ4n) is 2.85. The monoisotopic (exact) mass is 286 g/mol. The van der Waals surface area contributed by atoms with Crippen LogP contribution in [0.1, 0.15) is 48.2 Å². The minimum atomic E-state index is 0.282. The number of likely N-dealkylation sites (N-methyl/N-ethyl adjacent to an activating group) is 1. The van der Waals surface area contributed by atoms with Crippen LogP contribution >= 0.6 is 0 Å². The van der Waals surface area contributed by atoms with Crippen LogP contribution in [0.3, 0.4) is 0 Å². The molecule has 4 nitrogen and oxygen atoms in total. The molecular formula is C17H26N4. The summed E-state index contributed by atoms with van der Waals surface area (Å²) in [4.78, 5) is 4.60. The summed E-state index contributed by atoms with van der Waals surface area (Å²) in [5.74, 6) is 0. The van der Waals surface area contributed by atoms with Gasteiger partial charge in [-0.25, -0.2) is 0 Å². The van der Waals surface area contributed by atoms with Crippen molar-refractivity contribution in [3.05, 3.63) is 46.5 Å². The van der Waals surface area contributed by atoms with Crippen molar-refractivity contribution in [1.82, 2.24) is 20.1 Å². The molecule has 0 aliphatic carbocycles. The lowest BCUT2D eigenvalue weighted by atomic mass is 10.00. The Bertz CT molecular complexity index is 601. The van der Waals surface area contributed by atoms with Crippen LogP contribution in [0, 0.1) is 20.8 Å². The number of nitrogens with zero attached hydrogens (tertiary/aromatic N) is 3. The van der Waals surface area contributed by atoms with Crippen LogP contribution in [-0.2, 0) is 13.0 Å². The number of pyridine rings is 1. The standard InChI is InChI=1S/C17H26N4/c1-6-18-17(16-9-8-12(3)19-14(16)5)11-15-10-13(4)20-21(15)7-2/h8-10,17-18H,6-7,11H2,1-5H3. The smallest absolute Gasteiger partial charge is 0.0596 e. The maximum Gasteiger partial charge on any atom is 0.0596 e. The Kier molecular flexibility index (Phi) is 5.12. The molecule has 21 heavy (non-hydrogen) atoms. The maximum atomic E-state index is 4.60. The van der Waals surface area contributed by atoms with E-state index in [9.17, 15) is 0 Å². The number of hydrogen-bond donors (Lipinski definition) is 1. The van der Waals surface area contributed by atoms with Gasteiger partial charge < -0.3 is 5.32 Å². The summed E-state index contributed by atoms with van der Waals surface area (Å²) in [6.45, 7) is 12.3. The van der Waals surface area contributed by atoms with Crippen LogP contribution in [-0.4, -0.2) is 21.3 Å². The van der Waals surface area contributed by atoms with E-state index in [4.69, 9.17) is 0 Å². The van der Waals surface area contributed by atoms with Crippen LogP contribution in [0.2, 0.25) is 0 Å². The van der Waals surface area contributed by atoms with E-state index in [1.807, 2.05) is 6.92 Å². The van der Waals surface area contributed by atoms with Crippen LogP contribution in [0.15, 0.2) is 18.2 Å². The van der Waals surface area contributed by atoms with E-state index in [0.29, 0.717) is 0 Å². The van der Waals surface area contributed by atoms with Crippen molar-refractivity contribution < 1.29 is 0 Å². The molecule has 2 aromatic rings. The fourth-order valence-corrected chi connectivity index (χ4v) is 2.85. The van der Waals surface area contributed by atoms with Gasteiger partial charge in [-0.2, -0.15) is 5.10 Å². The molecule has 0 saturated heterocycles. The first-order valence-corrected chi connectivity index (χ1v) is 7.76. The highest BCUT2D eigenvalue weighted by atomic mass is 15.3. The third-order valence-corrected chi connectivity index (χ3v) is 3.79. The van der Waals surface area contributed by atoms with Gasteiger partial charge >= 0.3 is 0 Å². The molecule has 2 heterocycles. The fraction of sp³-hybridized carbons (Fsp3) is 0.529. The SMILES string of the molecule is CCNC(Cc1cc(C)nn1CC)c1ccc(C)nc1C. The quantitative estimate of drug-likeness (QED) is 0.887. The van der Waals surface area contributed by atoms with Crippen molar-refractivity contribution in [3.63, 3.8) is 0 Å². The molecule has 0 radical (unpaired) electrons. The zero-order chi connectivity index (χ0) is 15.4. The van der Waals surface area contributed by atoms with Gasteiger partial charge in [0.05, 0.1) is 5.69 Å². The molecule has 0 aliphatic heterocycles. The van der Waals surface area contributed by atoms with Gasteiger partial charge in [-0.15, -0.1) is 0 Å². The van der Waals surface area contributed by atoms with Gasteiger partial charge in [-0.3, -0.25) is 9.67 Å². The lowest BCUT2D eigenvalue weighted by Crippen LogP contribution is -2.25. The average molecular weight is 286 g/mol. The largest absolute Gasteiger partial charge is 0.310 e. The molecular weight excluding hydrogens is 260 g/mol. The van der Waals surface area contributed by atoms with Crippen molar-refractivity contribution >= 4 is 0 Å². The van der Waals surface area contributed by atoms with E-state index in [2.05, 4.69) is 66.0 Å². The van der Waals surface area contributed by atoms with Crippen molar-refractivity contribution in [2.45, 2.75) is 53.6 Å². The molecule has 1 N–H and O–H groups in total. The molecule has 0 fully saturated rings. The Hall–Kier alpha value is -1.68. The molecule has 0 bridgehead atoms. The highest BCUT2D eigenvalue weighted by molar-refractivity contribution is 5.27. The lowest BCUT2D eigenvalue weighted by molar-refractivity contribution is 0.512. The van der Waals surface area contributed by atoms with Gasteiger partial charge in [-0.1, -0.05) is 13.0 Å². The summed E-state index contributed by atoms with van der Waals surface area (Å²) >= 11 is 0. The van der Waals surface area contributed by atoms with Crippen molar-refractivity contribution in [2.24, 2.45) is 0 Å². The zero-order valence-corrected chi connectivity index (χ0v) is 13.8. The zero-order valence-electron chi connectivity index (χ0n) is 13.8. The first-order valence-electron chi connectivity index (χ1n) is 7.76. The predicted molar refractivity (Wildman–Crippen MR) is 86.5 cm³/mol. The van der Waals surface area contributed by atoms with Gasteiger partial charge in [0.1, 0.15) is 0 Å². The number of aromatic nitrogens is 3. The lowest BCUT2D eigenvalue weighted by Gasteiger charge is -2.20. The van der Waals surface area contributed by atoms with E-state index in [1.165, 1.54) is 11.3 Å². The molecule has 2 aromatic heterocycles. The third-order valence-electron chi connectivity index (χ3n) is 3.79. The topological polar surface area (TPSA) is 42.7 Å². The molecule has 1 atom stereocenters. The molecule has 0 aliphatic rings. The molecule has 2 rings (SSSR count).